The molecule has 2 unspecified atom stereocenters. The third-order valence-corrected chi connectivity index (χ3v) is 3.52. The molecule has 1 amide bonds. The van der Waals surface area contributed by atoms with Gasteiger partial charge >= 0.3 is 0 Å². The van der Waals surface area contributed by atoms with Crippen LogP contribution in [0.25, 0.3) is 0 Å². The number of nitrogens with one attached hydrogen (secondary N) is 1. The Morgan fingerprint density at radius 2 is 2.42 bits per heavy atom. The molecule has 3 heterocycles. The fraction of sp³-hybridized carbons (Fsp3) is 0.750. The van der Waals surface area contributed by atoms with E-state index in [-0.39, 0.29) is 23.9 Å². The molecule has 2 saturated heterocycles. The minimum absolute atomic E-state index is 0.0561. The van der Waals surface area contributed by atoms with E-state index >= 15 is 0 Å². The minimum Gasteiger partial charge on any atom is -0.375 e. The van der Waals surface area contributed by atoms with Gasteiger partial charge in [-0.3, -0.25) is 4.79 Å². The molecular weight excluding hydrogens is 248 g/mol. The van der Waals surface area contributed by atoms with Crippen LogP contribution in [-0.4, -0.2) is 53.3 Å². The Hall–Kier alpha value is -1.47. The smallest absolute Gasteiger partial charge is 0.295 e. The van der Waals surface area contributed by atoms with Crippen molar-refractivity contribution in [2.45, 2.75) is 31.9 Å². The van der Waals surface area contributed by atoms with Crippen molar-refractivity contribution >= 4 is 5.91 Å². The molecule has 7 nitrogen and oxygen atoms in total. The molecule has 0 aromatic carbocycles. The zero-order valence-corrected chi connectivity index (χ0v) is 11.0. The second-order valence-corrected chi connectivity index (χ2v) is 5.04. The zero-order valence-electron chi connectivity index (χ0n) is 11.0. The molecule has 3 rings (SSSR count). The number of ether oxygens (including phenoxy) is 1. The van der Waals surface area contributed by atoms with Gasteiger partial charge in [-0.05, 0) is 26.3 Å². The van der Waals surface area contributed by atoms with Crippen LogP contribution in [0, 0.1) is 0 Å². The first kappa shape index (κ1) is 12.6. The lowest BCUT2D eigenvalue weighted by Crippen LogP contribution is -2.44. The van der Waals surface area contributed by atoms with Gasteiger partial charge in [0.15, 0.2) is 0 Å². The third-order valence-electron chi connectivity index (χ3n) is 3.52. The summed E-state index contributed by atoms with van der Waals surface area (Å²) in [5, 5.41) is 7.07. The van der Waals surface area contributed by atoms with Crippen LogP contribution >= 0.6 is 0 Å². The van der Waals surface area contributed by atoms with Crippen LogP contribution in [0.4, 0.5) is 0 Å². The van der Waals surface area contributed by atoms with Crippen molar-refractivity contribution < 1.29 is 14.1 Å². The lowest BCUT2D eigenvalue weighted by molar-refractivity contribution is -0.0129. The Bertz CT molecular complexity index is 456. The van der Waals surface area contributed by atoms with Crippen LogP contribution in [0.1, 0.15) is 42.3 Å². The van der Waals surface area contributed by atoms with Crippen LogP contribution in [0.3, 0.4) is 0 Å². The van der Waals surface area contributed by atoms with Crippen LogP contribution < -0.4 is 5.32 Å². The molecule has 2 aliphatic heterocycles. The second-order valence-electron chi connectivity index (χ2n) is 5.04. The third kappa shape index (κ3) is 2.62. The first-order chi connectivity index (χ1) is 9.24. The first-order valence-electron chi connectivity index (χ1n) is 6.72. The summed E-state index contributed by atoms with van der Waals surface area (Å²) >= 11 is 0. The Kier molecular flexibility index (Phi) is 3.48. The number of hydrogen-bond donors (Lipinski definition) is 1. The summed E-state index contributed by atoms with van der Waals surface area (Å²) < 4.78 is 10.6. The number of nitrogens with zero attached hydrogens (tertiary/aromatic N) is 3. The van der Waals surface area contributed by atoms with Crippen molar-refractivity contribution in [2.75, 3.05) is 26.2 Å². The molecule has 1 N–H and O–H groups in total. The molecule has 0 bridgehead atoms. The normalized spacial score (nSPS) is 27.7. The molecule has 2 aliphatic rings. The highest BCUT2D eigenvalue weighted by Gasteiger charge is 2.28. The highest BCUT2D eigenvalue weighted by atomic mass is 16.5. The molecule has 0 saturated carbocycles. The summed E-state index contributed by atoms with van der Waals surface area (Å²) in [6.45, 7) is 4.61. The summed E-state index contributed by atoms with van der Waals surface area (Å²) in [5.74, 6) is 0.489. The fourth-order valence-electron chi connectivity index (χ4n) is 2.50. The van der Waals surface area contributed by atoms with E-state index in [2.05, 4.69) is 15.5 Å². The van der Waals surface area contributed by atoms with Gasteiger partial charge < -0.3 is 19.5 Å². The zero-order chi connectivity index (χ0) is 13.2. The van der Waals surface area contributed by atoms with E-state index < -0.39 is 0 Å². The maximum absolute atomic E-state index is 12.2. The largest absolute Gasteiger partial charge is 0.375 e. The van der Waals surface area contributed by atoms with Crippen molar-refractivity contribution in [3.8, 4) is 0 Å². The van der Waals surface area contributed by atoms with Crippen LogP contribution in [0.15, 0.2) is 4.52 Å². The van der Waals surface area contributed by atoms with E-state index in [0.29, 0.717) is 25.6 Å². The molecular formula is C12H18N4O3. The van der Waals surface area contributed by atoms with Gasteiger partial charge in [0.25, 0.3) is 11.7 Å². The molecule has 1 aromatic heterocycles. The number of aromatic nitrogens is 2. The van der Waals surface area contributed by atoms with Crippen LogP contribution in [0.2, 0.25) is 0 Å². The van der Waals surface area contributed by atoms with Gasteiger partial charge in [0.2, 0.25) is 5.89 Å². The van der Waals surface area contributed by atoms with E-state index in [4.69, 9.17) is 9.26 Å². The second kappa shape index (κ2) is 5.26. The number of rotatable bonds is 2. The van der Waals surface area contributed by atoms with E-state index in [1.165, 1.54) is 0 Å². The number of morpholine rings is 1. The van der Waals surface area contributed by atoms with Gasteiger partial charge in [0.1, 0.15) is 0 Å². The Labute approximate surface area is 111 Å². The Morgan fingerprint density at radius 3 is 3.16 bits per heavy atom. The molecule has 19 heavy (non-hydrogen) atoms. The van der Waals surface area contributed by atoms with Gasteiger partial charge in [0, 0.05) is 13.1 Å². The summed E-state index contributed by atoms with van der Waals surface area (Å²) in [6.07, 6.45) is 2.13. The maximum atomic E-state index is 12.2. The predicted molar refractivity (Wildman–Crippen MR) is 65.6 cm³/mol. The van der Waals surface area contributed by atoms with Gasteiger partial charge in [-0.1, -0.05) is 5.16 Å². The minimum atomic E-state index is -0.178. The van der Waals surface area contributed by atoms with Gasteiger partial charge in [-0.25, -0.2) is 0 Å². The van der Waals surface area contributed by atoms with Crippen molar-refractivity contribution in [1.29, 1.82) is 0 Å². The first-order valence-corrected chi connectivity index (χ1v) is 6.72. The number of amides is 1. The van der Waals surface area contributed by atoms with Crippen molar-refractivity contribution in [3.63, 3.8) is 0 Å². The maximum Gasteiger partial charge on any atom is 0.295 e. The summed E-state index contributed by atoms with van der Waals surface area (Å²) in [6, 6.07) is 0.0951. The molecule has 7 heteroatoms. The predicted octanol–water partition coefficient (Wildman–Crippen LogP) is 0.355. The highest BCUT2D eigenvalue weighted by molar-refractivity contribution is 5.90. The molecule has 1 aromatic rings. The van der Waals surface area contributed by atoms with E-state index in [0.717, 1.165) is 19.4 Å². The van der Waals surface area contributed by atoms with Crippen molar-refractivity contribution in [1.82, 2.24) is 20.4 Å². The van der Waals surface area contributed by atoms with E-state index in [9.17, 15) is 4.79 Å². The van der Waals surface area contributed by atoms with Crippen molar-refractivity contribution in [3.05, 3.63) is 11.7 Å². The van der Waals surface area contributed by atoms with Gasteiger partial charge in [-0.2, -0.15) is 4.98 Å². The topological polar surface area (TPSA) is 80.5 Å². The summed E-state index contributed by atoms with van der Waals surface area (Å²) in [4.78, 5) is 18.2. The molecule has 0 aliphatic carbocycles. The van der Waals surface area contributed by atoms with Crippen molar-refractivity contribution in [2.24, 2.45) is 0 Å². The lowest BCUT2D eigenvalue weighted by Gasteiger charge is -2.30. The quantitative estimate of drug-likeness (QED) is 0.832. The van der Waals surface area contributed by atoms with Crippen LogP contribution in [-0.2, 0) is 4.74 Å². The standard InChI is InChI=1S/C12H18N4O3/c1-8-7-16(5-6-18-8)12(17)10-14-11(19-15-10)9-3-2-4-13-9/h8-9,13H,2-7H2,1H3. The molecule has 0 spiro atoms. The number of carbonyl (C=O) groups excluding carboxylic acids is 1. The van der Waals surface area contributed by atoms with Gasteiger partial charge in [0.05, 0.1) is 18.8 Å². The summed E-state index contributed by atoms with van der Waals surface area (Å²) in [5.41, 5.74) is 0. The van der Waals surface area contributed by atoms with E-state index in [1.807, 2.05) is 6.92 Å². The SMILES string of the molecule is CC1CN(C(=O)c2noc(C3CCCN3)n2)CCO1. The Balaban J connectivity index is 1.69. The summed E-state index contributed by atoms with van der Waals surface area (Å²) in [7, 11) is 0. The number of carbonyl (C=O) groups is 1. The van der Waals surface area contributed by atoms with Gasteiger partial charge in [-0.15, -0.1) is 0 Å². The fourth-order valence-corrected chi connectivity index (χ4v) is 2.50. The molecule has 2 fully saturated rings. The lowest BCUT2D eigenvalue weighted by atomic mass is 10.2. The average molecular weight is 266 g/mol. The van der Waals surface area contributed by atoms with E-state index in [1.54, 1.807) is 4.90 Å². The number of hydrogen-bond acceptors (Lipinski definition) is 6. The Morgan fingerprint density at radius 1 is 1.53 bits per heavy atom. The van der Waals surface area contributed by atoms with Crippen LogP contribution in [0.5, 0.6) is 0 Å². The molecule has 104 valence electrons. The monoisotopic (exact) mass is 266 g/mol. The molecule has 2 atom stereocenters. The highest BCUT2D eigenvalue weighted by Crippen LogP contribution is 2.21. The average Bonchev–Trinajstić information content (AvgIpc) is 3.08. The molecule has 0 radical (unpaired) electrons.